The molecule has 0 saturated heterocycles. The van der Waals surface area contributed by atoms with Crippen molar-refractivity contribution < 1.29 is 19.8 Å². The van der Waals surface area contributed by atoms with Crippen molar-refractivity contribution in [1.29, 1.82) is 0 Å². The lowest BCUT2D eigenvalue weighted by molar-refractivity contribution is -0.131. The average molecular weight is 235 g/mol. The van der Waals surface area contributed by atoms with Gasteiger partial charge in [0, 0.05) is 12.2 Å². The van der Waals surface area contributed by atoms with Crippen LogP contribution in [0, 0.1) is 0 Å². The van der Waals surface area contributed by atoms with Gasteiger partial charge in [-0.3, -0.25) is 4.79 Å². The highest BCUT2D eigenvalue weighted by Crippen LogP contribution is 2.11. The summed E-state index contributed by atoms with van der Waals surface area (Å²) in [5.74, 6) is -1.75. The third-order valence-corrected chi connectivity index (χ3v) is 2.08. The lowest BCUT2D eigenvalue weighted by atomic mass is 10.1. The molecule has 0 radical (unpaired) electrons. The van der Waals surface area contributed by atoms with Crippen LogP contribution in [-0.4, -0.2) is 28.7 Å². The van der Waals surface area contributed by atoms with Crippen molar-refractivity contribution in [3.05, 3.63) is 48.0 Å². The number of aliphatic hydroxyl groups is 1. The molecule has 0 aliphatic rings. The number of carboxylic acids is 1. The number of carbonyl (C=O) groups is 2. The van der Waals surface area contributed by atoms with Gasteiger partial charge in [0.1, 0.15) is 0 Å². The number of nitrogens with one attached hydrogen (secondary N) is 1. The number of benzene rings is 1. The van der Waals surface area contributed by atoms with Crippen LogP contribution < -0.4 is 5.32 Å². The maximum Gasteiger partial charge on any atom is 0.328 e. The molecule has 0 bridgehead atoms. The second-order valence-corrected chi connectivity index (χ2v) is 3.33. The van der Waals surface area contributed by atoms with E-state index in [9.17, 15) is 9.59 Å². The number of carboxylic acid groups (broad SMARTS) is 1. The quantitative estimate of drug-likeness (QED) is 0.648. The molecule has 17 heavy (non-hydrogen) atoms. The van der Waals surface area contributed by atoms with E-state index in [2.05, 4.69) is 5.32 Å². The fourth-order valence-corrected chi connectivity index (χ4v) is 1.29. The molecule has 1 atom stereocenters. The summed E-state index contributed by atoms with van der Waals surface area (Å²) in [7, 11) is 0. The Hall–Kier alpha value is -2.14. The van der Waals surface area contributed by atoms with Gasteiger partial charge in [0.2, 0.25) is 5.91 Å². The summed E-state index contributed by atoms with van der Waals surface area (Å²) in [4.78, 5) is 21.5. The van der Waals surface area contributed by atoms with Crippen LogP contribution in [0.3, 0.4) is 0 Å². The van der Waals surface area contributed by atoms with Crippen LogP contribution in [-0.2, 0) is 9.59 Å². The highest BCUT2D eigenvalue weighted by atomic mass is 16.4. The molecule has 3 N–H and O–H groups in total. The van der Waals surface area contributed by atoms with Gasteiger partial charge in [0.15, 0.2) is 0 Å². The molecule has 1 rings (SSSR count). The summed E-state index contributed by atoms with van der Waals surface area (Å²) in [5, 5.41) is 20.0. The van der Waals surface area contributed by atoms with Crippen LogP contribution in [0.15, 0.2) is 42.5 Å². The molecule has 0 saturated carbocycles. The normalized spacial score (nSPS) is 12.3. The Kier molecular flexibility index (Phi) is 4.90. The van der Waals surface area contributed by atoms with E-state index in [0.29, 0.717) is 0 Å². The minimum absolute atomic E-state index is 0.253. The van der Waals surface area contributed by atoms with Crippen molar-refractivity contribution in [3.8, 4) is 0 Å². The molecule has 0 spiro atoms. The molecular formula is C12H13NO4. The van der Waals surface area contributed by atoms with E-state index in [1.165, 1.54) is 0 Å². The van der Waals surface area contributed by atoms with Crippen LogP contribution in [0.5, 0.6) is 0 Å². The zero-order valence-corrected chi connectivity index (χ0v) is 9.04. The second kappa shape index (κ2) is 6.44. The lowest BCUT2D eigenvalue weighted by Crippen LogP contribution is -2.29. The van der Waals surface area contributed by atoms with E-state index in [1.807, 2.05) is 6.07 Å². The molecule has 0 aliphatic heterocycles. The predicted octanol–water partition coefficient (Wildman–Crippen LogP) is 0.477. The second-order valence-electron chi connectivity index (χ2n) is 3.33. The summed E-state index contributed by atoms with van der Waals surface area (Å²) in [6.45, 7) is -0.253. The minimum atomic E-state index is -1.19. The minimum Gasteiger partial charge on any atom is -0.478 e. The van der Waals surface area contributed by atoms with Crippen LogP contribution >= 0.6 is 0 Å². The Morgan fingerprint density at radius 1 is 1.24 bits per heavy atom. The van der Waals surface area contributed by atoms with Crippen molar-refractivity contribution in [2.75, 3.05) is 6.61 Å². The van der Waals surface area contributed by atoms with Crippen LogP contribution in [0.4, 0.5) is 0 Å². The molecule has 90 valence electrons. The van der Waals surface area contributed by atoms with E-state index in [1.54, 1.807) is 24.3 Å². The van der Waals surface area contributed by atoms with Crippen molar-refractivity contribution in [2.45, 2.75) is 6.04 Å². The van der Waals surface area contributed by atoms with E-state index < -0.39 is 17.9 Å². The fraction of sp³-hybridized carbons (Fsp3) is 0.167. The molecule has 1 amide bonds. The average Bonchev–Trinajstić information content (AvgIpc) is 2.34. The maximum absolute atomic E-state index is 11.3. The lowest BCUT2D eigenvalue weighted by Gasteiger charge is -2.15. The van der Waals surface area contributed by atoms with Crippen LogP contribution in [0.2, 0.25) is 0 Å². The summed E-state index contributed by atoms with van der Waals surface area (Å²) in [6, 6.07) is 8.39. The molecule has 0 aliphatic carbocycles. The van der Waals surface area contributed by atoms with Crippen molar-refractivity contribution >= 4 is 11.9 Å². The number of hydrogen-bond donors (Lipinski definition) is 3. The highest BCUT2D eigenvalue weighted by Gasteiger charge is 2.11. The molecule has 0 heterocycles. The van der Waals surface area contributed by atoms with Crippen molar-refractivity contribution in [1.82, 2.24) is 5.32 Å². The summed E-state index contributed by atoms with van der Waals surface area (Å²) in [6.07, 6.45) is 1.66. The summed E-state index contributed by atoms with van der Waals surface area (Å²) in [5.41, 5.74) is 0.757. The molecule has 0 unspecified atom stereocenters. The van der Waals surface area contributed by atoms with E-state index in [4.69, 9.17) is 10.2 Å². The number of aliphatic carboxylic acids is 1. The van der Waals surface area contributed by atoms with Crippen LogP contribution in [0.1, 0.15) is 11.6 Å². The first-order valence-corrected chi connectivity index (χ1v) is 5.01. The van der Waals surface area contributed by atoms with E-state index in [0.717, 1.165) is 17.7 Å². The van der Waals surface area contributed by atoms with E-state index in [-0.39, 0.29) is 6.61 Å². The zero-order chi connectivity index (χ0) is 12.7. The van der Waals surface area contributed by atoms with Gasteiger partial charge in [-0.15, -0.1) is 0 Å². The van der Waals surface area contributed by atoms with Crippen molar-refractivity contribution in [2.24, 2.45) is 0 Å². The topological polar surface area (TPSA) is 86.6 Å². The van der Waals surface area contributed by atoms with Gasteiger partial charge >= 0.3 is 5.97 Å². The summed E-state index contributed by atoms with van der Waals surface area (Å²) >= 11 is 0. The Morgan fingerprint density at radius 2 is 1.88 bits per heavy atom. The number of rotatable bonds is 5. The highest BCUT2D eigenvalue weighted by molar-refractivity contribution is 5.94. The third-order valence-electron chi connectivity index (χ3n) is 2.08. The van der Waals surface area contributed by atoms with Gasteiger partial charge in [-0.2, -0.15) is 0 Å². The number of carbonyl (C=O) groups excluding carboxylic acids is 1. The molecule has 1 aromatic rings. The maximum atomic E-state index is 11.3. The first-order chi connectivity index (χ1) is 8.13. The largest absolute Gasteiger partial charge is 0.478 e. The fourth-order valence-electron chi connectivity index (χ4n) is 1.29. The van der Waals surface area contributed by atoms with Gasteiger partial charge in [0.05, 0.1) is 12.6 Å². The Balaban J connectivity index is 2.65. The Morgan fingerprint density at radius 3 is 2.41 bits per heavy atom. The van der Waals surface area contributed by atoms with Gasteiger partial charge < -0.3 is 15.5 Å². The van der Waals surface area contributed by atoms with Gasteiger partial charge in [-0.05, 0) is 5.56 Å². The first kappa shape index (κ1) is 12.9. The molecule has 5 heteroatoms. The van der Waals surface area contributed by atoms with Gasteiger partial charge in [0.25, 0.3) is 0 Å². The summed E-state index contributed by atoms with van der Waals surface area (Å²) < 4.78 is 0. The third kappa shape index (κ3) is 4.48. The SMILES string of the molecule is O=C(O)/C=C/C(=O)N[C@@H](CO)c1ccccc1. The van der Waals surface area contributed by atoms with E-state index >= 15 is 0 Å². The number of aliphatic hydroxyl groups excluding tert-OH is 1. The first-order valence-electron chi connectivity index (χ1n) is 5.01. The zero-order valence-electron chi connectivity index (χ0n) is 9.04. The Labute approximate surface area is 98.4 Å². The van der Waals surface area contributed by atoms with Gasteiger partial charge in [-0.25, -0.2) is 4.79 Å². The molecule has 0 fully saturated rings. The smallest absolute Gasteiger partial charge is 0.328 e. The predicted molar refractivity (Wildman–Crippen MR) is 61.2 cm³/mol. The molecule has 5 nitrogen and oxygen atoms in total. The molecule has 1 aromatic carbocycles. The molecule has 0 aromatic heterocycles. The monoisotopic (exact) mass is 235 g/mol. The number of amides is 1. The van der Waals surface area contributed by atoms with Gasteiger partial charge in [-0.1, -0.05) is 30.3 Å². The van der Waals surface area contributed by atoms with Crippen molar-refractivity contribution in [3.63, 3.8) is 0 Å². The standard InChI is InChI=1S/C12H13NO4/c14-8-10(9-4-2-1-3-5-9)13-11(15)6-7-12(16)17/h1-7,10,14H,8H2,(H,13,15)(H,16,17)/b7-6+/t10-/m0/s1. The molecular weight excluding hydrogens is 222 g/mol. The van der Waals surface area contributed by atoms with Crippen LogP contribution in [0.25, 0.3) is 0 Å². The number of hydrogen-bond acceptors (Lipinski definition) is 3. The Bertz CT molecular complexity index is 414.